The zero-order valence-electron chi connectivity index (χ0n) is 12.3. The predicted octanol–water partition coefficient (Wildman–Crippen LogP) is 2.04. The van der Waals surface area contributed by atoms with Crippen molar-refractivity contribution in [2.75, 3.05) is 0 Å². The van der Waals surface area contributed by atoms with Crippen molar-refractivity contribution < 1.29 is 0 Å². The maximum Gasteiger partial charge on any atom is 0.0584 e. The summed E-state index contributed by atoms with van der Waals surface area (Å²) in [6.07, 6.45) is 4.78. The molecule has 1 aromatic rings. The predicted molar refractivity (Wildman–Crippen MR) is 91.3 cm³/mol. The lowest BCUT2D eigenvalue weighted by Gasteiger charge is -2.03. The van der Waals surface area contributed by atoms with Gasteiger partial charge in [-0.3, -0.25) is 0 Å². The monoisotopic (exact) mass is 274 g/mol. The van der Waals surface area contributed by atoms with Gasteiger partial charge in [0.25, 0.3) is 0 Å². The van der Waals surface area contributed by atoms with E-state index in [1.807, 2.05) is 0 Å². The molecule has 1 rings (SSSR count). The maximum atomic E-state index is 2.48. The molecular formula is C16H26Si2. The van der Waals surface area contributed by atoms with Crippen LogP contribution in [0.3, 0.4) is 0 Å². The Labute approximate surface area is 117 Å². The molecule has 0 nitrogen and oxygen atoms in total. The van der Waals surface area contributed by atoms with Crippen LogP contribution in [-0.2, 0) is 0 Å². The Balaban J connectivity index is 2.51. The first-order chi connectivity index (χ1) is 8.58. The number of allylic oxidation sites excluding steroid dienone is 4. The highest BCUT2D eigenvalue weighted by atomic mass is 28.2. The number of benzene rings is 1. The summed E-state index contributed by atoms with van der Waals surface area (Å²) in [6, 6.07) is 12.0. The van der Waals surface area contributed by atoms with Crippen LogP contribution in [0.1, 0.15) is 27.7 Å². The van der Waals surface area contributed by atoms with Crippen LogP contribution >= 0.6 is 0 Å². The molecule has 0 aliphatic carbocycles. The molecule has 18 heavy (non-hydrogen) atoms. The Kier molecular flexibility index (Phi) is 6.98. The Hall–Kier alpha value is -0.866. The van der Waals surface area contributed by atoms with E-state index in [0.717, 1.165) is 0 Å². The van der Waals surface area contributed by atoms with Gasteiger partial charge in [0.1, 0.15) is 0 Å². The van der Waals surface area contributed by atoms with Crippen molar-refractivity contribution in [3.63, 3.8) is 0 Å². The van der Waals surface area contributed by atoms with E-state index in [9.17, 15) is 0 Å². The van der Waals surface area contributed by atoms with E-state index in [0.29, 0.717) is 0 Å². The molecule has 0 bridgehead atoms. The zero-order chi connectivity index (χ0) is 13.4. The zero-order valence-corrected chi connectivity index (χ0v) is 15.1. The van der Waals surface area contributed by atoms with Gasteiger partial charge in [-0.15, -0.1) is 0 Å². The molecule has 2 heteroatoms. The van der Waals surface area contributed by atoms with Crippen LogP contribution in [0.5, 0.6) is 0 Å². The van der Waals surface area contributed by atoms with E-state index >= 15 is 0 Å². The number of hydrogen-bond donors (Lipinski definition) is 0. The Morgan fingerprint density at radius 2 is 1.33 bits per heavy atom. The molecule has 0 spiro atoms. The molecule has 0 aliphatic heterocycles. The van der Waals surface area contributed by atoms with Crippen LogP contribution in [-0.4, -0.2) is 19.0 Å². The summed E-state index contributed by atoms with van der Waals surface area (Å²) in [7, 11) is -0.168. The van der Waals surface area contributed by atoms with E-state index in [2.05, 4.69) is 64.1 Å². The molecule has 0 fully saturated rings. The van der Waals surface area contributed by atoms with E-state index in [1.54, 1.807) is 10.4 Å². The van der Waals surface area contributed by atoms with Gasteiger partial charge in [0.2, 0.25) is 0 Å². The van der Waals surface area contributed by atoms with Crippen LogP contribution in [0, 0.1) is 0 Å². The molecule has 0 aromatic heterocycles. The fourth-order valence-electron chi connectivity index (χ4n) is 2.00. The summed E-state index contributed by atoms with van der Waals surface area (Å²) in [6.45, 7) is 8.77. The molecule has 0 atom stereocenters. The average Bonchev–Trinajstić information content (AvgIpc) is 2.28. The third-order valence-electron chi connectivity index (χ3n) is 2.96. The second-order valence-corrected chi connectivity index (χ2v) is 9.25. The molecule has 0 N–H and O–H groups in total. The minimum atomic E-state index is -0.0841. The molecule has 1 aromatic carbocycles. The van der Waals surface area contributed by atoms with Crippen LogP contribution in [0.15, 0.2) is 47.6 Å². The Morgan fingerprint density at radius 3 is 1.72 bits per heavy atom. The second kappa shape index (κ2) is 8.27. The molecule has 0 saturated carbocycles. The van der Waals surface area contributed by atoms with Gasteiger partial charge in [0, 0.05) is 0 Å². The standard InChI is InChI=1S/C16H26Si2/c1-13(2)8-10-17-15-6-5-7-16(12-15)18-11-9-14(3)4/h5-9,12H,10-11,17-18H2,1-4H3. The van der Waals surface area contributed by atoms with E-state index in [1.165, 1.54) is 23.2 Å². The van der Waals surface area contributed by atoms with Crippen LogP contribution in [0.25, 0.3) is 0 Å². The number of hydrogen-bond acceptors (Lipinski definition) is 0. The van der Waals surface area contributed by atoms with Gasteiger partial charge < -0.3 is 0 Å². The van der Waals surface area contributed by atoms with Gasteiger partial charge in [-0.1, -0.05) is 57.9 Å². The molecule has 0 saturated heterocycles. The fraction of sp³-hybridized carbons (Fsp3) is 0.375. The van der Waals surface area contributed by atoms with E-state index in [4.69, 9.17) is 0 Å². The minimum Gasteiger partial charge on any atom is -0.0887 e. The Morgan fingerprint density at radius 1 is 0.889 bits per heavy atom. The van der Waals surface area contributed by atoms with Gasteiger partial charge in [0.05, 0.1) is 19.0 Å². The average molecular weight is 275 g/mol. The summed E-state index contributed by atoms with van der Waals surface area (Å²) < 4.78 is 0. The van der Waals surface area contributed by atoms with Crippen molar-refractivity contribution in [3.8, 4) is 0 Å². The van der Waals surface area contributed by atoms with Gasteiger partial charge >= 0.3 is 0 Å². The largest absolute Gasteiger partial charge is 0.0887 e. The van der Waals surface area contributed by atoms with Crippen molar-refractivity contribution in [2.45, 2.75) is 39.8 Å². The summed E-state index contributed by atoms with van der Waals surface area (Å²) >= 11 is 0. The lowest BCUT2D eigenvalue weighted by atomic mass is 10.3. The summed E-state index contributed by atoms with van der Waals surface area (Å²) in [5, 5.41) is 3.27. The van der Waals surface area contributed by atoms with Crippen LogP contribution in [0.4, 0.5) is 0 Å². The smallest absolute Gasteiger partial charge is 0.0584 e. The second-order valence-electron chi connectivity index (χ2n) is 5.46. The molecule has 0 heterocycles. The van der Waals surface area contributed by atoms with Crippen molar-refractivity contribution in [1.82, 2.24) is 0 Å². The quantitative estimate of drug-likeness (QED) is 0.550. The highest BCUT2D eigenvalue weighted by molar-refractivity contribution is 6.57. The third kappa shape index (κ3) is 6.77. The molecule has 0 amide bonds. The summed E-state index contributed by atoms with van der Waals surface area (Å²) in [5.74, 6) is 0. The molecule has 0 unspecified atom stereocenters. The highest BCUT2D eigenvalue weighted by Crippen LogP contribution is 1.94. The minimum absolute atomic E-state index is 0.0841. The molecule has 0 radical (unpaired) electrons. The first-order valence-corrected chi connectivity index (χ1v) is 10.3. The number of rotatable bonds is 6. The normalized spacial score (nSPS) is 11.3. The Bertz CT molecular complexity index is 385. The van der Waals surface area contributed by atoms with Crippen molar-refractivity contribution in [1.29, 1.82) is 0 Å². The van der Waals surface area contributed by atoms with Gasteiger partial charge in [0.15, 0.2) is 0 Å². The van der Waals surface area contributed by atoms with E-state index < -0.39 is 0 Å². The van der Waals surface area contributed by atoms with Gasteiger partial charge in [-0.25, -0.2) is 0 Å². The highest BCUT2D eigenvalue weighted by Gasteiger charge is 1.96. The maximum absolute atomic E-state index is 2.48. The first-order valence-electron chi connectivity index (χ1n) is 6.92. The first kappa shape index (κ1) is 15.2. The lowest BCUT2D eigenvalue weighted by Crippen LogP contribution is -2.22. The summed E-state index contributed by atoms with van der Waals surface area (Å²) in [4.78, 5) is 0. The lowest BCUT2D eigenvalue weighted by molar-refractivity contribution is 1.36. The van der Waals surface area contributed by atoms with Crippen molar-refractivity contribution in [2.24, 2.45) is 0 Å². The van der Waals surface area contributed by atoms with Crippen LogP contribution < -0.4 is 10.4 Å². The molecule has 98 valence electrons. The van der Waals surface area contributed by atoms with E-state index in [-0.39, 0.29) is 19.0 Å². The van der Waals surface area contributed by atoms with Crippen molar-refractivity contribution >= 4 is 29.4 Å². The fourth-order valence-corrected chi connectivity index (χ4v) is 5.81. The topological polar surface area (TPSA) is 0 Å². The third-order valence-corrected chi connectivity index (χ3v) is 6.15. The van der Waals surface area contributed by atoms with Gasteiger partial charge in [-0.2, -0.15) is 0 Å². The molecular weight excluding hydrogens is 248 g/mol. The molecule has 0 aliphatic rings. The SMILES string of the molecule is CC(C)=CC[SiH2]c1cccc([SiH2]CC=C(C)C)c1. The van der Waals surface area contributed by atoms with Crippen molar-refractivity contribution in [3.05, 3.63) is 47.6 Å². The van der Waals surface area contributed by atoms with Gasteiger partial charge in [-0.05, 0) is 39.8 Å². The summed E-state index contributed by atoms with van der Waals surface area (Å²) in [5.41, 5.74) is 2.91. The van der Waals surface area contributed by atoms with Crippen LogP contribution in [0.2, 0.25) is 12.1 Å².